The molecule has 0 fully saturated rings. The zero-order chi connectivity index (χ0) is 27.6. The number of aromatic carboxylic acids is 1. The number of nitrogens with one attached hydrogen (secondary N) is 1. The molecular formula is C29H41NO6S. The quantitative estimate of drug-likeness (QED) is 0.250. The van der Waals surface area contributed by atoms with Gasteiger partial charge >= 0.3 is 5.97 Å². The third-order valence-corrected chi connectivity index (χ3v) is 8.76. The number of carboxylic acids is 1. The van der Waals surface area contributed by atoms with E-state index in [1.807, 2.05) is 0 Å². The molecule has 37 heavy (non-hydrogen) atoms. The molecular weight excluding hydrogens is 490 g/mol. The summed E-state index contributed by atoms with van der Waals surface area (Å²) >= 11 is 0. The van der Waals surface area contributed by atoms with Crippen molar-refractivity contribution in [1.29, 1.82) is 0 Å². The first-order valence-corrected chi connectivity index (χ1v) is 14.7. The molecule has 0 aliphatic heterocycles. The summed E-state index contributed by atoms with van der Waals surface area (Å²) in [6.07, 6.45) is 6.53. The van der Waals surface area contributed by atoms with Crippen molar-refractivity contribution in [1.82, 2.24) is 0 Å². The maximum atomic E-state index is 13.3. The molecule has 0 saturated carbocycles. The molecule has 2 aromatic carbocycles. The van der Waals surface area contributed by atoms with Gasteiger partial charge in [-0.2, -0.15) is 0 Å². The average molecular weight is 532 g/mol. The normalized spacial score (nSPS) is 12.4. The summed E-state index contributed by atoms with van der Waals surface area (Å²) in [5, 5.41) is 11.8. The number of aryl methyl sites for hydroxylation is 1. The highest BCUT2D eigenvalue weighted by atomic mass is 32.2. The van der Waals surface area contributed by atoms with Gasteiger partial charge in [-0.3, -0.25) is 4.79 Å². The third-order valence-electron chi connectivity index (χ3n) is 6.61. The predicted octanol–water partition coefficient (Wildman–Crippen LogP) is 6.61. The Morgan fingerprint density at radius 1 is 1.00 bits per heavy atom. The number of hydrogen-bond acceptors (Lipinski definition) is 5. The van der Waals surface area contributed by atoms with Crippen molar-refractivity contribution in [3.8, 4) is 5.75 Å². The van der Waals surface area contributed by atoms with E-state index in [2.05, 4.69) is 19.2 Å². The van der Waals surface area contributed by atoms with Crippen LogP contribution in [-0.4, -0.2) is 37.8 Å². The summed E-state index contributed by atoms with van der Waals surface area (Å²) in [5.74, 6) is -0.995. The van der Waals surface area contributed by atoms with Crippen LogP contribution < -0.4 is 10.1 Å². The molecule has 204 valence electrons. The second-order valence-electron chi connectivity index (χ2n) is 9.72. The zero-order valence-corrected chi connectivity index (χ0v) is 23.5. The SMILES string of the molecule is CCCCCC(CC(=O)Nc1cc(C(=O)O)ccc1CCCC)c1ccc(S(=O)(=O)C(C)C)cc1OC. The lowest BCUT2D eigenvalue weighted by atomic mass is 9.89. The first kappa shape index (κ1) is 30.4. The Kier molecular flexibility index (Phi) is 11.6. The lowest BCUT2D eigenvalue weighted by Gasteiger charge is -2.21. The van der Waals surface area contributed by atoms with E-state index < -0.39 is 21.1 Å². The highest BCUT2D eigenvalue weighted by Crippen LogP contribution is 2.36. The number of carbonyl (C=O) groups excluding carboxylic acids is 1. The summed E-state index contributed by atoms with van der Waals surface area (Å²) in [6, 6.07) is 9.75. The van der Waals surface area contributed by atoms with Gasteiger partial charge in [-0.1, -0.05) is 51.7 Å². The number of anilines is 1. The second-order valence-corrected chi connectivity index (χ2v) is 12.2. The molecule has 2 aromatic rings. The fourth-order valence-corrected chi connectivity index (χ4v) is 5.40. The minimum absolute atomic E-state index is 0.124. The second kappa shape index (κ2) is 14.2. The van der Waals surface area contributed by atoms with Gasteiger partial charge in [0, 0.05) is 12.1 Å². The van der Waals surface area contributed by atoms with E-state index in [1.165, 1.54) is 13.2 Å². The van der Waals surface area contributed by atoms with Crippen LogP contribution in [0.1, 0.15) is 100 Å². The molecule has 8 heteroatoms. The first-order valence-electron chi connectivity index (χ1n) is 13.1. The van der Waals surface area contributed by atoms with Crippen molar-refractivity contribution in [2.24, 2.45) is 0 Å². The highest BCUT2D eigenvalue weighted by molar-refractivity contribution is 7.92. The molecule has 2 N–H and O–H groups in total. The summed E-state index contributed by atoms with van der Waals surface area (Å²) in [4.78, 5) is 25.0. The molecule has 1 atom stereocenters. The van der Waals surface area contributed by atoms with Crippen LogP contribution in [0.25, 0.3) is 0 Å². The van der Waals surface area contributed by atoms with E-state index in [9.17, 15) is 23.1 Å². The largest absolute Gasteiger partial charge is 0.496 e. The van der Waals surface area contributed by atoms with Crippen LogP contribution in [0, 0.1) is 0 Å². The minimum Gasteiger partial charge on any atom is -0.496 e. The van der Waals surface area contributed by atoms with Crippen molar-refractivity contribution in [3.05, 3.63) is 53.1 Å². The summed E-state index contributed by atoms with van der Waals surface area (Å²) in [5.41, 5.74) is 2.35. The van der Waals surface area contributed by atoms with E-state index >= 15 is 0 Å². The Labute approximate surface area is 221 Å². The molecule has 0 heterocycles. The average Bonchev–Trinajstić information content (AvgIpc) is 2.86. The number of carboxylic acid groups (broad SMARTS) is 1. The number of carbonyl (C=O) groups is 2. The maximum absolute atomic E-state index is 13.3. The predicted molar refractivity (Wildman–Crippen MR) is 147 cm³/mol. The van der Waals surface area contributed by atoms with E-state index in [0.717, 1.165) is 56.1 Å². The number of methoxy groups -OCH3 is 1. The van der Waals surface area contributed by atoms with Crippen molar-refractivity contribution >= 4 is 27.4 Å². The third kappa shape index (κ3) is 8.32. The number of benzene rings is 2. The number of amides is 1. The fourth-order valence-electron chi connectivity index (χ4n) is 4.32. The van der Waals surface area contributed by atoms with E-state index in [-0.39, 0.29) is 28.7 Å². The summed E-state index contributed by atoms with van der Waals surface area (Å²) < 4.78 is 31.0. The molecule has 0 spiro atoms. The molecule has 0 radical (unpaired) electrons. The number of sulfone groups is 1. The van der Waals surface area contributed by atoms with Crippen LogP contribution in [0.4, 0.5) is 5.69 Å². The van der Waals surface area contributed by atoms with E-state index in [4.69, 9.17) is 4.74 Å². The molecule has 0 aromatic heterocycles. The molecule has 1 unspecified atom stereocenters. The van der Waals surface area contributed by atoms with Gasteiger partial charge in [0.2, 0.25) is 5.91 Å². The van der Waals surface area contributed by atoms with Crippen LogP contribution >= 0.6 is 0 Å². The van der Waals surface area contributed by atoms with Crippen molar-refractivity contribution in [2.75, 3.05) is 12.4 Å². The molecule has 0 saturated heterocycles. The molecule has 1 amide bonds. The Balaban J connectivity index is 2.37. The highest BCUT2D eigenvalue weighted by Gasteiger charge is 2.25. The molecule has 2 rings (SSSR count). The van der Waals surface area contributed by atoms with Gasteiger partial charge < -0.3 is 15.2 Å². The van der Waals surface area contributed by atoms with Crippen LogP contribution in [0.5, 0.6) is 5.75 Å². The number of unbranched alkanes of at least 4 members (excludes halogenated alkanes) is 3. The Hall–Kier alpha value is -2.87. The summed E-state index contributed by atoms with van der Waals surface area (Å²) in [6.45, 7) is 7.47. The molecule has 0 aliphatic rings. The van der Waals surface area contributed by atoms with E-state index in [0.29, 0.717) is 11.4 Å². The van der Waals surface area contributed by atoms with Crippen LogP contribution in [0.2, 0.25) is 0 Å². The van der Waals surface area contributed by atoms with Gasteiger partial charge in [-0.25, -0.2) is 13.2 Å². The Morgan fingerprint density at radius 3 is 2.30 bits per heavy atom. The maximum Gasteiger partial charge on any atom is 0.335 e. The van der Waals surface area contributed by atoms with Gasteiger partial charge in [0.05, 0.1) is 22.8 Å². The number of rotatable bonds is 15. The van der Waals surface area contributed by atoms with Crippen LogP contribution in [-0.2, 0) is 21.1 Å². The van der Waals surface area contributed by atoms with Gasteiger partial charge in [-0.05, 0) is 74.4 Å². The Bertz CT molecular complexity index is 1170. The number of hydrogen-bond donors (Lipinski definition) is 2. The topological polar surface area (TPSA) is 110 Å². The van der Waals surface area contributed by atoms with E-state index in [1.54, 1.807) is 44.2 Å². The molecule has 0 aliphatic carbocycles. The van der Waals surface area contributed by atoms with Crippen LogP contribution in [0.15, 0.2) is 41.3 Å². The van der Waals surface area contributed by atoms with Crippen molar-refractivity contribution < 1.29 is 27.9 Å². The van der Waals surface area contributed by atoms with Crippen molar-refractivity contribution in [2.45, 2.75) is 95.1 Å². The molecule has 7 nitrogen and oxygen atoms in total. The van der Waals surface area contributed by atoms with Crippen molar-refractivity contribution in [3.63, 3.8) is 0 Å². The number of ether oxygens (including phenoxy) is 1. The smallest absolute Gasteiger partial charge is 0.335 e. The zero-order valence-electron chi connectivity index (χ0n) is 22.7. The minimum atomic E-state index is -3.47. The van der Waals surface area contributed by atoms with Gasteiger partial charge in [0.25, 0.3) is 0 Å². The molecule has 0 bridgehead atoms. The fraction of sp³-hybridized carbons (Fsp3) is 0.517. The van der Waals surface area contributed by atoms with Gasteiger partial charge in [0.1, 0.15) is 5.75 Å². The van der Waals surface area contributed by atoms with Gasteiger partial charge in [0.15, 0.2) is 9.84 Å². The van der Waals surface area contributed by atoms with Crippen LogP contribution in [0.3, 0.4) is 0 Å². The lowest BCUT2D eigenvalue weighted by Crippen LogP contribution is -2.18. The first-order chi connectivity index (χ1) is 17.5. The van der Waals surface area contributed by atoms with Gasteiger partial charge in [-0.15, -0.1) is 0 Å². The monoisotopic (exact) mass is 531 g/mol. The summed E-state index contributed by atoms with van der Waals surface area (Å²) in [7, 11) is -1.96. The standard InChI is InChI=1S/C29H41NO6S/c1-6-8-10-12-22(25-16-15-24(19-27(25)36-5)37(34,35)20(3)4)18-28(31)30-26-17-23(29(32)33)14-13-21(26)11-9-7-2/h13-17,19-20,22H,6-12,18H2,1-5H3,(H,30,31)(H,32,33). The lowest BCUT2D eigenvalue weighted by molar-refractivity contribution is -0.116. The Morgan fingerprint density at radius 2 is 1.70 bits per heavy atom.